The lowest BCUT2D eigenvalue weighted by molar-refractivity contribution is 0.223. The minimum atomic E-state index is -3.49. The van der Waals surface area contributed by atoms with Crippen LogP contribution in [-0.4, -0.2) is 36.0 Å². The molecule has 0 aliphatic carbocycles. The Morgan fingerprint density at radius 1 is 1.39 bits per heavy atom. The van der Waals surface area contributed by atoms with Gasteiger partial charge in [-0.1, -0.05) is 13.8 Å². The van der Waals surface area contributed by atoms with Gasteiger partial charge in [0.25, 0.3) is 0 Å². The number of aromatic amines is 1. The van der Waals surface area contributed by atoms with Gasteiger partial charge in [0.2, 0.25) is 0 Å². The van der Waals surface area contributed by atoms with E-state index in [1.54, 1.807) is 6.07 Å². The average molecular weight is 272 g/mol. The summed E-state index contributed by atoms with van der Waals surface area (Å²) in [5.41, 5.74) is 0.827. The second-order valence-electron chi connectivity index (χ2n) is 5.31. The van der Waals surface area contributed by atoms with Crippen molar-refractivity contribution in [3.05, 3.63) is 11.8 Å². The molecule has 0 saturated carbocycles. The summed E-state index contributed by atoms with van der Waals surface area (Å²) in [5, 5.41) is 6.61. The number of hydrogen-bond donors (Lipinski definition) is 2. The van der Waals surface area contributed by atoms with E-state index in [-0.39, 0.29) is 0 Å². The van der Waals surface area contributed by atoms with E-state index in [0.29, 0.717) is 30.7 Å². The van der Waals surface area contributed by atoms with Gasteiger partial charge in [0, 0.05) is 24.8 Å². The summed E-state index contributed by atoms with van der Waals surface area (Å²) in [4.78, 5) is 0. The molecule has 0 spiro atoms. The molecule has 0 amide bonds. The van der Waals surface area contributed by atoms with E-state index in [1.165, 1.54) is 4.31 Å². The third-order valence-corrected chi connectivity index (χ3v) is 4.56. The summed E-state index contributed by atoms with van der Waals surface area (Å²) >= 11 is 0. The topological polar surface area (TPSA) is 78.1 Å². The normalized spacial score (nSPS) is 26.2. The van der Waals surface area contributed by atoms with E-state index in [0.717, 1.165) is 12.1 Å². The molecule has 1 saturated heterocycles. The number of rotatable bonds is 3. The largest absolute Gasteiger partial charge is 0.302 e. The third kappa shape index (κ3) is 3.02. The fraction of sp³-hybridized carbons (Fsp3) is 0.727. The van der Waals surface area contributed by atoms with Gasteiger partial charge < -0.3 is 0 Å². The number of H-pyrrole nitrogens is 1. The molecule has 7 heteroatoms. The van der Waals surface area contributed by atoms with Crippen molar-refractivity contribution in [2.24, 2.45) is 11.8 Å². The van der Waals surface area contributed by atoms with E-state index >= 15 is 0 Å². The van der Waals surface area contributed by atoms with Crippen LogP contribution in [0.1, 0.15) is 26.0 Å². The Balaban J connectivity index is 2.10. The summed E-state index contributed by atoms with van der Waals surface area (Å²) in [5.74, 6) is 1.14. The number of aryl methyl sites for hydroxylation is 1. The number of aromatic nitrogens is 2. The molecule has 2 heterocycles. The maximum absolute atomic E-state index is 12.2. The summed E-state index contributed by atoms with van der Waals surface area (Å²) in [7, 11) is -3.49. The molecule has 2 rings (SSSR count). The number of anilines is 1. The molecule has 6 nitrogen and oxygen atoms in total. The Morgan fingerprint density at radius 3 is 2.50 bits per heavy atom. The fourth-order valence-electron chi connectivity index (χ4n) is 2.47. The van der Waals surface area contributed by atoms with Crippen molar-refractivity contribution in [2.75, 3.05) is 17.8 Å². The van der Waals surface area contributed by atoms with Gasteiger partial charge in [0.15, 0.2) is 5.82 Å². The summed E-state index contributed by atoms with van der Waals surface area (Å²) in [6.45, 7) is 7.13. The average Bonchev–Trinajstić information content (AvgIpc) is 2.61. The molecule has 1 aliphatic rings. The highest BCUT2D eigenvalue weighted by Crippen LogP contribution is 2.23. The van der Waals surface area contributed by atoms with Gasteiger partial charge in [-0.3, -0.25) is 9.82 Å². The second kappa shape index (κ2) is 4.89. The Morgan fingerprint density at radius 2 is 2.00 bits per heavy atom. The van der Waals surface area contributed by atoms with Crippen LogP contribution in [0.5, 0.6) is 0 Å². The van der Waals surface area contributed by atoms with E-state index in [2.05, 4.69) is 28.8 Å². The highest BCUT2D eigenvalue weighted by molar-refractivity contribution is 7.90. The van der Waals surface area contributed by atoms with Gasteiger partial charge >= 0.3 is 10.2 Å². The molecule has 102 valence electrons. The van der Waals surface area contributed by atoms with Crippen LogP contribution >= 0.6 is 0 Å². The minimum absolute atomic E-state index is 0.346. The molecule has 0 aromatic carbocycles. The van der Waals surface area contributed by atoms with Crippen molar-refractivity contribution < 1.29 is 8.42 Å². The van der Waals surface area contributed by atoms with Gasteiger partial charge in [-0.15, -0.1) is 0 Å². The Kier molecular flexibility index (Phi) is 3.63. The minimum Gasteiger partial charge on any atom is -0.281 e. The van der Waals surface area contributed by atoms with Crippen LogP contribution in [0.15, 0.2) is 6.07 Å². The predicted octanol–water partition coefficient (Wildman–Crippen LogP) is 1.35. The molecule has 2 unspecified atom stereocenters. The van der Waals surface area contributed by atoms with Crippen molar-refractivity contribution in [1.29, 1.82) is 0 Å². The van der Waals surface area contributed by atoms with Crippen LogP contribution in [0, 0.1) is 18.8 Å². The highest BCUT2D eigenvalue weighted by Gasteiger charge is 2.30. The predicted molar refractivity (Wildman–Crippen MR) is 70.4 cm³/mol. The molecule has 18 heavy (non-hydrogen) atoms. The molecule has 2 atom stereocenters. The summed E-state index contributed by atoms with van der Waals surface area (Å²) in [6.07, 6.45) is 1.08. The quantitative estimate of drug-likeness (QED) is 0.872. The van der Waals surface area contributed by atoms with E-state index < -0.39 is 10.2 Å². The molecule has 1 aliphatic heterocycles. The van der Waals surface area contributed by atoms with Gasteiger partial charge in [0.05, 0.1) is 0 Å². The monoisotopic (exact) mass is 272 g/mol. The maximum Gasteiger partial charge on any atom is 0.302 e. The summed E-state index contributed by atoms with van der Waals surface area (Å²) < 4.78 is 28.4. The van der Waals surface area contributed by atoms with Crippen molar-refractivity contribution >= 4 is 16.0 Å². The van der Waals surface area contributed by atoms with Crippen molar-refractivity contribution in [2.45, 2.75) is 27.2 Å². The number of nitrogens with zero attached hydrogens (tertiary/aromatic N) is 2. The van der Waals surface area contributed by atoms with E-state index in [1.807, 2.05) is 6.92 Å². The first-order valence-corrected chi connectivity index (χ1v) is 7.60. The van der Waals surface area contributed by atoms with Gasteiger partial charge in [-0.05, 0) is 25.2 Å². The zero-order chi connectivity index (χ0) is 13.3. The summed E-state index contributed by atoms with van der Waals surface area (Å²) in [6, 6.07) is 1.67. The molecule has 1 aromatic heterocycles. The molecule has 0 radical (unpaired) electrons. The Hall–Kier alpha value is -1.08. The first kappa shape index (κ1) is 13.4. The van der Waals surface area contributed by atoms with E-state index in [9.17, 15) is 8.42 Å². The van der Waals surface area contributed by atoms with Crippen LogP contribution < -0.4 is 4.72 Å². The van der Waals surface area contributed by atoms with Gasteiger partial charge in [0.1, 0.15) is 0 Å². The molecule has 0 bridgehead atoms. The SMILES string of the molecule is Cc1cc(NS(=O)(=O)N2CC(C)CC(C)C2)n[nH]1. The van der Waals surface area contributed by atoms with Crippen LogP contribution in [-0.2, 0) is 10.2 Å². The van der Waals surface area contributed by atoms with Gasteiger partial charge in [-0.2, -0.15) is 17.8 Å². The standard InChI is InChI=1S/C11H20N4O2S/c1-8-4-9(2)7-15(6-8)18(16,17)14-11-5-10(3)12-13-11/h5,8-9H,4,6-7H2,1-3H3,(H2,12,13,14). The Bertz CT molecular complexity index is 501. The smallest absolute Gasteiger partial charge is 0.281 e. The second-order valence-corrected chi connectivity index (χ2v) is 6.98. The molecular weight excluding hydrogens is 252 g/mol. The van der Waals surface area contributed by atoms with Crippen LogP contribution in [0.4, 0.5) is 5.82 Å². The number of piperidine rings is 1. The lowest BCUT2D eigenvalue weighted by Gasteiger charge is -2.33. The molecule has 2 N–H and O–H groups in total. The maximum atomic E-state index is 12.2. The van der Waals surface area contributed by atoms with Crippen LogP contribution in [0.3, 0.4) is 0 Å². The Labute approximate surface area is 108 Å². The molecular formula is C11H20N4O2S. The third-order valence-electron chi connectivity index (χ3n) is 3.11. The van der Waals surface area contributed by atoms with Crippen molar-refractivity contribution in [1.82, 2.24) is 14.5 Å². The number of nitrogens with one attached hydrogen (secondary N) is 2. The van der Waals surface area contributed by atoms with Crippen molar-refractivity contribution in [3.63, 3.8) is 0 Å². The van der Waals surface area contributed by atoms with E-state index in [4.69, 9.17) is 0 Å². The lowest BCUT2D eigenvalue weighted by Crippen LogP contribution is -2.45. The van der Waals surface area contributed by atoms with Crippen molar-refractivity contribution in [3.8, 4) is 0 Å². The number of hydrogen-bond acceptors (Lipinski definition) is 3. The first-order valence-electron chi connectivity index (χ1n) is 6.16. The molecule has 1 fully saturated rings. The lowest BCUT2D eigenvalue weighted by atomic mass is 9.94. The fourth-order valence-corrected chi connectivity index (χ4v) is 3.87. The van der Waals surface area contributed by atoms with Gasteiger partial charge in [-0.25, -0.2) is 0 Å². The first-order chi connectivity index (χ1) is 8.37. The van der Waals surface area contributed by atoms with Crippen LogP contribution in [0.2, 0.25) is 0 Å². The molecule has 1 aromatic rings. The zero-order valence-corrected chi connectivity index (χ0v) is 11.8. The van der Waals surface area contributed by atoms with Crippen LogP contribution in [0.25, 0.3) is 0 Å². The highest BCUT2D eigenvalue weighted by atomic mass is 32.2. The zero-order valence-electron chi connectivity index (χ0n) is 11.0.